The van der Waals surface area contributed by atoms with E-state index < -0.39 is 4.92 Å². The Morgan fingerprint density at radius 3 is 2.67 bits per heavy atom. The highest BCUT2D eigenvalue weighted by Crippen LogP contribution is 2.33. The van der Waals surface area contributed by atoms with Crippen LogP contribution in [0.3, 0.4) is 0 Å². The molecule has 9 heteroatoms. The third-order valence-electron chi connectivity index (χ3n) is 2.81. The smallest absolute Gasteiger partial charge is 0.332 e. The molecule has 0 radical (unpaired) electrons. The van der Waals surface area contributed by atoms with Crippen LogP contribution < -0.4 is 16.6 Å². The predicted molar refractivity (Wildman–Crippen MR) is 83.4 cm³/mol. The maximum atomic E-state index is 11.2. The number of hydrogen-bond donors (Lipinski definition) is 3. The lowest BCUT2D eigenvalue weighted by molar-refractivity contribution is -0.385. The quantitative estimate of drug-likeness (QED) is 0.439. The Bertz CT molecular complexity index is 706. The van der Waals surface area contributed by atoms with Crippen molar-refractivity contribution in [1.82, 2.24) is 9.97 Å². The molecular formula is C12H13BrN6O2. The molecule has 0 saturated carbocycles. The minimum Gasteiger partial charge on any atom is -0.333 e. The molecule has 1 aromatic carbocycles. The fourth-order valence-electron chi connectivity index (χ4n) is 1.81. The molecule has 1 aromatic heterocycles. The van der Waals surface area contributed by atoms with E-state index in [1.54, 1.807) is 6.07 Å². The van der Waals surface area contributed by atoms with Crippen molar-refractivity contribution in [1.29, 1.82) is 0 Å². The first-order valence-corrected chi connectivity index (χ1v) is 6.75. The van der Waals surface area contributed by atoms with Crippen molar-refractivity contribution in [2.45, 2.75) is 13.8 Å². The molecule has 0 unspecified atom stereocenters. The number of rotatable bonds is 4. The number of benzene rings is 1. The lowest BCUT2D eigenvalue weighted by Crippen LogP contribution is -2.13. The van der Waals surface area contributed by atoms with E-state index in [0.29, 0.717) is 5.69 Å². The molecule has 0 atom stereocenters. The van der Waals surface area contributed by atoms with Crippen molar-refractivity contribution >= 4 is 39.1 Å². The van der Waals surface area contributed by atoms with Crippen LogP contribution in [0, 0.1) is 24.0 Å². The summed E-state index contributed by atoms with van der Waals surface area (Å²) in [7, 11) is 0. The number of hydrazine groups is 1. The maximum Gasteiger partial charge on any atom is 0.332 e. The first kappa shape index (κ1) is 15.1. The summed E-state index contributed by atoms with van der Waals surface area (Å²) in [5.41, 5.74) is 3.97. The van der Waals surface area contributed by atoms with Gasteiger partial charge < -0.3 is 5.32 Å². The lowest BCUT2D eigenvalue weighted by Gasteiger charge is -2.11. The summed E-state index contributed by atoms with van der Waals surface area (Å²) >= 11 is 3.44. The molecule has 0 fully saturated rings. The molecule has 0 saturated heterocycles. The zero-order valence-electron chi connectivity index (χ0n) is 11.3. The second-order valence-corrected chi connectivity index (χ2v) is 5.09. The van der Waals surface area contributed by atoms with Gasteiger partial charge in [-0.1, -0.05) is 12.1 Å². The van der Waals surface area contributed by atoms with E-state index in [2.05, 4.69) is 36.6 Å². The van der Waals surface area contributed by atoms with Gasteiger partial charge in [0.05, 0.1) is 10.6 Å². The average Bonchev–Trinajstić information content (AvgIpc) is 2.42. The normalized spacial score (nSPS) is 10.3. The number of aryl methyl sites for hydroxylation is 2. The number of nitrogens with zero attached hydrogens (tertiary/aromatic N) is 3. The SMILES string of the molecule is Cc1cccc(Nc2nc(NN)nc(C)c2[N+](=O)[O-])c1Br. The molecular weight excluding hydrogens is 340 g/mol. The van der Waals surface area contributed by atoms with E-state index in [4.69, 9.17) is 5.84 Å². The van der Waals surface area contributed by atoms with Gasteiger partial charge >= 0.3 is 5.69 Å². The minimum atomic E-state index is -0.526. The molecule has 0 aliphatic rings. The van der Waals surface area contributed by atoms with Crippen LogP contribution in [0.15, 0.2) is 22.7 Å². The molecule has 0 aliphatic heterocycles. The van der Waals surface area contributed by atoms with E-state index in [1.807, 2.05) is 19.1 Å². The molecule has 0 amide bonds. The van der Waals surface area contributed by atoms with Crippen molar-refractivity contribution in [3.63, 3.8) is 0 Å². The molecule has 0 aliphatic carbocycles. The maximum absolute atomic E-state index is 11.2. The molecule has 21 heavy (non-hydrogen) atoms. The third-order valence-corrected chi connectivity index (χ3v) is 3.87. The summed E-state index contributed by atoms with van der Waals surface area (Å²) < 4.78 is 0.804. The first-order valence-electron chi connectivity index (χ1n) is 5.95. The first-order chi connectivity index (χ1) is 9.93. The standard InChI is InChI=1S/C12H13BrN6O2/c1-6-4-3-5-8(9(6)13)16-11-10(19(20)21)7(2)15-12(17-11)18-14/h3-5H,14H2,1-2H3,(H2,15,16,17,18). The Morgan fingerprint density at radius 1 is 1.33 bits per heavy atom. The summed E-state index contributed by atoms with van der Waals surface area (Å²) in [6.45, 7) is 3.44. The van der Waals surface area contributed by atoms with Crippen molar-refractivity contribution < 1.29 is 4.92 Å². The summed E-state index contributed by atoms with van der Waals surface area (Å²) in [6, 6.07) is 5.54. The molecule has 0 spiro atoms. The Labute approximate surface area is 129 Å². The van der Waals surface area contributed by atoms with E-state index >= 15 is 0 Å². The molecule has 8 nitrogen and oxygen atoms in total. The third kappa shape index (κ3) is 3.09. The van der Waals surface area contributed by atoms with Gasteiger partial charge in [0.1, 0.15) is 5.69 Å². The number of hydrogen-bond acceptors (Lipinski definition) is 7. The highest BCUT2D eigenvalue weighted by Gasteiger charge is 2.22. The number of nitro groups is 1. The van der Waals surface area contributed by atoms with E-state index in [1.165, 1.54) is 6.92 Å². The van der Waals surface area contributed by atoms with Crippen molar-refractivity contribution in [3.05, 3.63) is 44.0 Å². The average molecular weight is 353 g/mol. The van der Waals surface area contributed by atoms with Gasteiger partial charge in [-0.15, -0.1) is 0 Å². The summed E-state index contributed by atoms with van der Waals surface area (Å²) in [6.07, 6.45) is 0. The lowest BCUT2D eigenvalue weighted by atomic mass is 10.2. The summed E-state index contributed by atoms with van der Waals surface area (Å²) in [5, 5.41) is 14.1. The molecule has 0 bridgehead atoms. The van der Waals surface area contributed by atoms with Gasteiger partial charge in [0.15, 0.2) is 0 Å². The van der Waals surface area contributed by atoms with Crippen LogP contribution in [-0.2, 0) is 0 Å². The van der Waals surface area contributed by atoms with Crippen molar-refractivity contribution in [3.8, 4) is 0 Å². The zero-order valence-corrected chi connectivity index (χ0v) is 12.9. The van der Waals surface area contributed by atoms with Gasteiger partial charge in [0.2, 0.25) is 11.8 Å². The Kier molecular flexibility index (Phi) is 4.34. The van der Waals surface area contributed by atoms with Gasteiger partial charge in [0.25, 0.3) is 0 Å². The van der Waals surface area contributed by atoms with Gasteiger partial charge in [-0.25, -0.2) is 10.8 Å². The number of nitrogens with two attached hydrogens (primary N) is 1. The number of halogens is 1. The largest absolute Gasteiger partial charge is 0.333 e. The number of nitrogen functional groups attached to an aromatic ring is 1. The van der Waals surface area contributed by atoms with Gasteiger partial charge in [-0.3, -0.25) is 15.5 Å². The monoisotopic (exact) mass is 352 g/mol. The fourth-order valence-corrected chi connectivity index (χ4v) is 2.17. The molecule has 110 valence electrons. The number of nitrogens with one attached hydrogen (secondary N) is 2. The van der Waals surface area contributed by atoms with Crippen LogP contribution in [0.1, 0.15) is 11.3 Å². The number of aromatic nitrogens is 2. The molecule has 1 heterocycles. The van der Waals surface area contributed by atoms with Crippen LogP contribution in [0.2, 0.25) is 0 Å². The summed E-state index contributed by atoms with van der Waals surface area (Å²) in [4.78, 5) is 18.6. The van der Waals surface area contributed by atoms with Crippen LogP contribution in [0.5, 0.6) is 0 Å². The fraction of sp³-hybridized carbons (Fsp3) is 0.167. The Balaban J connectivity index is 2.54. The molecule has 2 rings (SSSR count). The van der Waals surface area contributed by atoms with Crippen LogP contribution in [-0.4, -0.2) is 14.9 Å². The number of anilines is 3. The van der Waals surface area contributed by atoms with Gasteiger partial charge in [-0.05, 0) is 41.4 Å². The van der Waals surface area contributed by atoms with Crippen LogP contribution in [0.4, 0.5) is 23.1 Å². The minimum absolute atomic E-state index is 0.0757. The molecule has 2 aromatic rings. The second-order valence-electron chi connectivity index (χ2n) is 4.29. The van der Waals surface area contributed by atoms with E-state index in [-0.39, 0.29) is 23.1 Å². The van der Waals surface area contributed by atoms with Crippen LogP contribution in [0.25, 0.3) is 0 Å². The van der Waals surface area contributed by atoms with Crippen molar-refractivity contribution in [2.75, 3.05) is 10.7 Å². The highest BCUT2D eigenvalue weighted by molar-refractivity contribution is 9.10. The highest BCUT2D eigenvalue weighted by atomic mass is 79.9. The van der Waals surface area contributed by atoms with Gasteiger partial charge in [0, 0.05) is 4.47 Å². The second kappa shape index (κ2) is 6.02. The molecule has 4 N–H and O–H groups in total. The van der Waals surface area contributed by atoms with Crippen LogP contribution >= 0.6 is 15.9 Å². The topological polar surface area (TPSA) is 119 Å². The van der Waals surface area contributed by atoms with E-state index in [0.717, 1.165) is 10.0 Å². The predicted octanol–water partition coefficient (Wildman–Crippen LogP) is 2.79. The van der Waals surface area contributed by atoms with Gasteiger partial charge in [-0.2, -0.15) is 4.98 Å². The Morgan fingerprint density at radius 2 is 2.05 bits per heavy atom. The van der Waals surface area contributed by atoms with Crippen molar-refractivity contribution in [2.24, 2.45) is 5.84 Å². The Hall–Kier alpha value is -2.26. The zero-order chi connectivity index (χ0) is 15.6. The van der Waals surface area contributed by atoms with E-state index in [9.17, 15) is 10.1 Å². The summed E-state index contributed by atoms with van der Waals surface area (Å²) in [5.74, 6) is 5.46.